The molecule has 0 aliphatic carbocycles. The summed E-state index contributed by atoms with van der Waals surface area (Å²) in [5, 5.41) is 9.29. The molecule has 0 atom stereocenters. The summed E-state index contributed by atoms with van der Waals surface area (Å²) in [6.45, 7) is 0.154. The highest BCUT2D eigenvalue weighted by molar-refractivity contribution is 7.89. The summed E-state index contributed by atoms with van der Waals surface area (Å²) in [4.78, 5) is -0.00449. The van der Waals surface area contributed by atoms with E-state index >= 15 is 0 Å². The van der Waals surface area contributed by atoms with Gasteiger partial charge in [0.05, 0.1) is 22.3 Å². The summed E-state index contributed by atoms with van der Waals surface area (Å²) in [5.74, 6) is 5.87. The Balaban J connectivity index is 1.83. The molecule has 0 aliphatic rings. The standard InChI is InChI=1S/C19H16FN3O3S/c1-23-19(13-26-17-6-3-5-16(20)11-17)15(12-22-23)9-8-14-4-2-7-18(10-14)27(21,24)25/h2-7,10-12H,13H2,1H3,(H2,21,24,25). The Morgan fingerprint density at radius 3 is 2.70 bits per heavy atom. The molecule has 0 unspecified atom stereocenters. The van der Waals surface area contributed by atoms with E-state index in [1.165, 1.54) is 24.3 Å². The zero-order valence-corrected chi connectivity index (χ0v) is 15.2. The van der Waals surface area contributed by atoms with E-state index < -0.39 is 10.0 Å². The molecule has 1 aromatic heterocycles. The van der Waals surface area contributed by atoms with E-state index in [9.17, 15) is 12.8 Å². The molecule has 138 valence electrons. The third-order valence-corrected chi connectivity index (χ3v) is 4.65. The maximum Gasteiger partial charge on any atom is 0.238 e. The van der Waals surface area contributed by atoms with Gasteiger partial charge in [0, 0.05) is 18.7 Å². The molecule has 0 saturated heterocycles. The lowest BCUT2D eigenvalue weighted by Crippen LogP contribution is -2.11. The van der Waals surface area contributed by atoms with Crippen molar-refractivity contribution in [1.29, 1.82) is 0 Å². The lowest BCUT2D eigenvalue weighted by Gasteiger charge is -2.07. The zero-order chi connectivity index (χ0) is 19.4. The SMILES string of the molecule is Cn1ncc(C#Cc2cccc(S(N)(=O)=O)c2)c1COc1cccc(F)c1. The van der Waals surface area contributed by atoms with Crippen molar-refractivity contribution in [1.82, 2.24) is 9.78 Å². The fourth-order valence-electron chi connectivity index (χ4n) is 2.34. The van der Waals surface area contributed by atoms with Crippen LogP contribution in [0.5, 0.6) is 5.75 Å². The second-order valence-electron chi connectivity index (χ2n) is 5.70. The molecule has 0 fully saturated rings. The van der Waals surface area contributed by atoms with Crippen LogP contribution in [0.1, 0.15) is 16.8 Å². The van der Waals surface area contributed by atoms with Crippen LogP contribution < -0.4 is 9.88 Å². The Labute approximate surface area is 156 Å². The van der Waals surface area contributed by atoms with E-state index in [-0.39, 0.29) is 17.3 Å². The van der Waals surface area contributed by atoms with Crippen LogP contribution in [0.3, 0.4) is 0 Å². The predicted octanol–water partition coefficient (Wildman–Crippen LogP) is 2.19. The van der Waals surface area contributed by atoms with Crippen molar-refractivity contribution >= 4 is 10.0 Å². The minimum absolute atomic E-state index is 0.00449. The van der Waals surface area contributed by atoms with Gasteiger partial charge in [0.15, 0.2) is 0 Å². The van der Waals surface area contributed by atoms with E-state index in [0.717, 1.165) is 0 Å². The van der Waals surface area contributed by atoms with Gasteiger partial charge in [0.2, 0.25) is 10.0 Å². The Bertz CT molecular complexity index is 1140. The molecule has 8 heteroatoms. The van der Waals surface area contributed by atoms with E-state index in [0.29, 0.717) is 22.6 Å². The first-order valence-corrected chi connectivity index (χ1v) is 9.42. The summed E-state index contributed by atoms with van der Waals surface area (Å²) in [7, 11) is -2.04. The maximum atomic E-state index is 13.2. The van der Waals surface area contributed by atoms with E-state index in [1.807, 2.05) is 0 Å². The number of hydrogen-bond donors (Lipinski definition) is 1. The highest BCUT2D eigenvalue weighted by Gasteiger charge is 2.09. The van der Waals surface area contributed by atoms with Gasteiger partial charge in [-0.2, -0.15) is 5.10 Å². The molecule has 1 heterocycles. The number of rotatable bonds is 4. The molecule has 0 bridgehead atoms. The highest BCUT2D eigenvalue weighted by Crippen LogP contribution is 2.16. The van der Waals surface area contributed by atoms with Crippen molar-refractivity contribution in [2.24, 2.45) is 12.2 Å². The van der Waals surface area contributed by atoms with Crippen LogP contribution >= 0.6 is 0 Å². The summed E-state index contributed by atoms with van der Waals surface area (Å²) in [5.41, 5.74) is 1.83. The molecule has 27 heavy (non-hydrogen) atoms. The van der Waals surface area contributed by atoms with Gasteiger partial charge in [-0.15, -0.1) is 0 Å². The first kappa shape index (κ1) is 18.6. The quantitative estimate of drug-likeness (QED) is 0.698. The van der Waals surface area contributed by atoms with Gasteiger partial charge in [-0.1, -0.05) is 24.0 Å². The van der Waals surface area contributed by atoms with Crippen LogP contribution in [-0.4, -0.2) is 18.2 Å². The molecule has 0 spiro atoms. The number of aryl methyl sites for hydroxylation is 1. The van der Waals surface area contributed by atoms with E-state index in [2.05, 4.69) is 16.9 Å². The van der Waals surface area contributed by atoms with Crippen molar-refractivity contribution in [3.63, 3.8) is 0 Å². The predicted molar refractivity (Wildman–Crippen MR) is 97.7 cm³/mol. The summed E-state index contributed by atoms with van der Waals surface area (Å²) in [6.07, 6.45) is 1.58. The lowest BCUT2D eigenvalue weighted by atomic mass is 10.2. The maximum absolute atomic E-state index is 13.2. The van der Waals surface area contributed by atoms with Gasteiger partial charge in [-0.25, -0.2) is 17.9 Å². The largest absolute Gasteiger partial charge is 0.487 e. The van der Waals surface area contributed by atoms with Crippen LogP contribution in [0.25, 0.3) is 0 Å². The first-order chi connectivity index (χ1) is 12.8. The van der Waals surface area contributed by atoms with Crippen LogP contribution in [0, 0.1) is 17.7 Å². The van der Waals surface area contributed by atoms with Crippen molar-refractivity contribution in [2.75, 3.05) is 0 Å². The number of nitrogens with zero attached hydrogens (tertiary/aromatic N) is 2. The van der Waals surface area contributed by atoms with Gasteiger partial charge >= 0.3 is 0 Å². The molecule has 2 N–H and O–H groups in total. The molecule has 3 aromatic rings. The Hall–Kier alpha value is -3.15. The number of primary sulfonamides is 1. The molecule has 0 amide bonds. The van der Waals surface area contributed by atoms with Crippen LogP contribution in [0.2, 0.25) is 0 Å². The normalized spacial score (nSPS) is 10.9. The number of halogens is 1. The molecule has 0 radical (unpaired) electrons. The zero-order valence-electron chi connectivity index (χ0n) is 14.4. The number of nitrogens with two attached hydrogens (primary N) is 1. The number of ether oxygens (including phenoxy) is 1. The summed E-state index contributed by atoms with van der Waals surface area (Å²) < 4.78 is 43.3. The third-order valence-electron chi connectivity index (χ3n) is 3.74. The smallest absolute Gasteiger partial charge is 0.238 e. The minimum atomic E-state index is -3.79. The van der Waals surface area contributed by atoms with E-state index in [4.69, 9.17) is 9.88 Å². The van der Waals surface area contributed by atoms with Gasteiger partial charge in [0.1, 0.15) is 18.2 Å². The summed E-state index contributed by atoms with van der Waals surface area (Å²) in [6, 6.07) is 11.9. The molecular formula is C19H16FN3O3S. The average molecular weight is 385 g/mol. The highest BCUT2D eigenvalue weighted by atomic mass is 32.2. The Kier molecular flexibility index (Phi) is 5.26. The van der Waals surface area contributed by atoms with Crippen molar-refractivity contribution < 1.29 is 17.5 Å². The molecular weight excluding hydrogens is 369 g/mol. The summed E-state index contributed by atoms with van der Waals surface area (Å²) >= 11 is 0. The van der Waals surface area contributed by atoms with Crippen LogP contribution in [0.15, 0.2) is 59.6 Å². The van der Waals surface area contributed by atoms with Crippen LogP contribution in [0.4, 0.5) is 4.39 Å². The third kappa shape index (κ3) is 4.73. The van der Waals surface area contributed by atoms with Crippen LogP contribution in [-0.2, 0) is 23.7 Å². The molecule has 3 rings (SSSR count). The Morgan fingerprint density at radius 2 is 1.96 bits per heavy atom. The Morgan fingerprint density at radius 1 is 1.19 bits per heavy atom. The number of sulfonamides is 1. The van der Waals surface area contributed by atoms with Gasteiger partial charge in [-0.05, 0) is 30.3 Å². The lowest BCUT2D eigenvalue weighted by molar-refractivity contribution is 0.293. The average Bonchev–Trinajstić information content (AvgIpc) is 2.97. The topological polar surface area (TPSA) is 87.2 Å². The second-order valence-corrected chi connectivity index (χ2v) is 7.26. The van der Waals surface area contributed by atoms with Gasteiger partial charge in [0.25, 0.3) is 0 Å². The molecule has 2 aromatic carbocycles. The van der Waals surface area contributed by atoms with Gasteiger partial charge < -0.3 is 4.74 Å². The first-order valence-electron chi connectivity index (χ1n) is 7.87. The number of benzene rings is 2. The number of aromatic nitrogens is 2. The number of hydrogen-bond acceptors (Lipinski definition) is 4. The molecule has 6 nitrogen and oxygen atoms in total. The minimum Gasteiger partial charge on any atom is -0.487 e. The van der Waals surface area contributed by atoms with Crippen molar-refractivity contribution in [2.45, 2.75) is 11.5 Å². The molecule has 0 aliphatic heterocycles. The van der Waals surface area contributed by atoms with Gasteiger partial charge in [-0.3, -0.25) is 4.68 Å². The fraction of sp³-hybridized carbons (Fsp3) is 0.105. The molecule has 0 saturated carbocycles. The monoisotopic (exact) mass is 385 g/mol. The van der Waals surface area contributed by atoms with Crippen molar-refractivity contribution in [3.8, 4) is 17.6 Å². The second kappa shape index (κ2) is 7.61. The van der Waals surface area contributed by atoms with E-state index in [1.54, 1.807) is 42.2 Å². The van der Waals surface area contributed by atoms with Crippen molar-refractivity contribution in [3.05, 3.63) is 77.4 Å². The fourth-order valence-corrected chi connectivity index (χ4v) is 2.90.